The fraction of sp³-hybridized carbons (Fsp3) is 0.400. The lowest BCUT2D eigenvalue weighted by Crippen LogP contribution is -2.22. The monoisotopic (exact) mass is 240 g/mol. The van der Waals surface area contributed by atoms with Crippen molar-refractivity contribution in [2.75, 3.05) is 6.61 Å². The smallest absolute Gasteiger partial charge is 0.395 e. The van der Waals surface area contributed by atoms with Crippen LogP contribution in [-0.2, 0) is 0 Å². The predicted octanol–water partition coefficient (Wildman–Crippen LogP) is 2.99. The van der Waals surface area contributed by atoms with Gasteiger partial charge in [-0.05, 0) is 24.1 Å². The summed E-state index contributed by atoms with van der Waals surface area (Å²) in [6.45, 7) is -0.706. The zero-order valence-corrected chi connectivity index (χ0v) is 8.06. The number of aliphatic hydroxyl groups is 1. The average molecular weight is 240 g/mol. The Hall–Kier alpha value is -1.17. The van der Waals surface area contributed by atoms with Crippen molar-refractivity contribution >= 4 is 0 Å². The highest BCUT2D eigenvalue weighted by atomic mass is 19.4. The van der Waals surface area contributed by atoms with Gasteiger partial charge in [-0.3, -0.25) is 0 Å². The van der Waals surface area contributed by atoms with Crippen LogP contribution in [0.25, 0.3) is 0 Å². The van der Waals surface area contributed by atoms with Crippen LogP contribution in [-0.4, -0.2) is 17.9 Å². The topological polar surface area (TPSA) is 20.2 Å². The molecular formula is C10H9F5O. The van der Waals surface area contributed by atoms with Gasteiger partial charge in [-0.25, -0.2) is 8.78 Å². The van der Waals surface area contributed by atoms with Crippen LogP contribution in [0.2, 0.25) is 0 Å². The fourth-order valence-corrected chi connectivity index (χ4v) is 1.42. The van der Waals surface area contributed by atoms with E-state index >= 15 is 0 Å². The second-order valence-electron chi connectivity index (χ2n) is 3.31. The first-order valence-corrected chi connectivity index (χ1v) is 4.48. The Kier molecular flexibility index (Phi) is 3.85. The molecule has 0 heterocycles. The molecule has 1 nitrogen and oxygen atoms in total. The normalized spacial score (nSPS) is 13.9. The van der Waals surface area contributed by atoms with Crippen LogP contribution >= 0.6 is 0 Å². The first-order chi connectivity index (χ1) is 7.34. The lowest BCUT2D eigenvalue weighted by atomic mass is 9.95. The second-order valence-corrected chi connectivity index (χ2v) is 3.31. The Morgan fingerprint density at radius 3 is 1.94 bits per heavy atom. The fourth-order valence-electron chi connectivity index (χ4n) is 1.42. The molecule has 16 heavy (non-hydrogen) atoms. The van der Waals surface area contributed by atoms with E-state index in [0.29, 0.717) is 18.2 Å². The summed E-state index contributed by atoms with van der Waals surface area (Å²) in [6.07, 6.45) is -5.25. The Morgan fingerprint density at radius 1 is 1.06 bits per heavy atom. The predicted molar refractivity (Wildman–Crippen MR) is 46.9 cm³/mol. The minimum atomic E-state index is -4.64. The summed E-state index contributed by atoms with van der Waals surface area (Å²) in [7, 11) is 0. The number of halogens is 5. The molecule has 0 radical (unpaired) electrons. The van der Waals surface area contributed by atoms with Crippen LogP contribution < -0.4 is 0 Å². The van der Waals surface area contributed by atoms with E-state index in [9.17, 15) is 22.0 Å². The van der Waals surface area contributed by atoms with Crippen LogP contribution in [0, 0.1) is 11.6 Å². The van der Waals surface area contributed by atoms with Crippen molar-refractivity contribution < 1.29 is 27.1 Å². The summed E-state index contributed by atoms with van der Waals surface area (Å²) in [5.74, 6) is -4.19. The van der Waals surface area contributed by atoms with E-state index in [1.807, 2.05) is 0 Å². The third-order valence-corrected chi connectivity index (χ3v) is 2.10. The largest absolute Gasteiger partial charge is 0.396 e. The highest BCUT2D eigenvalue weighted by Crippen LogP contribution is 2.37. The molecule has 1 N–H and O–H groups in total. The maximum Gasteiger partial charge on any atom is 0.395 e. The van der Waals surface area contributed by atoms with Gasteiger partial charge in [-0.2, -0.15) is 13.2 Å². The van der Waals surface area contributed by atoms with Gasteiger partial charge in [0.2, 0.25) is 0 Å². The minimum Gasteiger partial charge on any atom is -0.396 e. The first kappa shape index (κ1) is 12.9. The number of benzene rings is 1. The van der Waals surface area contributed by atoms with Crippen molar-refractivity contribution in [3.63, 3.8) is 0 Å². The van der Waals surface area contributed by atoms with Crippen molar-refractivity contribution in [1.82, 2.24) is 0 Å². The van der Waals surface area contributed by atoms with E-state index in [0.717, 1.165) is 0 Å². The first-order valence-electron chi connectivity index (χ1n) is 4.48. The maximum atomic E-state index is 12.7. The standard InChI is InChI=1S/C10H9F5O/c11-7-3-6(4-8(12)5-7)9(1-2-16)10(13,14)15/h3-5,9,16H,1-2H2. The summed E-state index contributed by atoms with van der Waals surface area (Å²) < 4.78 is 63.0. The van der Waals surface area contributed by atoms with Crippen molar-refractivity contribution in [2.24, 2.45) is 0 Å². The van der Waals surface area contributed by atoms with Gasteiger partial charge in [0, 0.05) is 12.7 Å². The van der Waals surface area contributed by atoms with Crippen molar-refractivity contribution in [1.29, 1.82) is 0 Å². The zero-order chi connectivity index (χ0) is 12.3. The molecule has 1 aromatic rings. The molecule has 0 aromatic heterocycles. The SMILES string of the molecule is OCCC(c1cc(F)cc(F)c1)C(F)(F)F. The molecule has 0 aliphatic carbocycles. The average Bonchev–Trinajstić information content (AvgIpc) is 2.10. The molecule has 90 valence electrons. The molecule has 0 fully saturated rings. The van der Waals surface area contributed by atoms with Crippen LogP contribution in [0.3, 0.4) is 0 Å². The molecule has 0 aliphatic heterocycles. The Labute approximate surface area is 88.5 Å². The highest BCUT2D eigenvalue weighted by Gasteiger charge is 2.40. The molecule has 0 amide bonds. The highest BCUT2D eigenvalue weighted by molar-refractivity contribution is 5.23. The number of hydrogen-bond acceptors (Lipinski definition) is 1. The summed E-state index contributed by atoms with van der Waals surface area (Å²) >= 11 is 0. The van der Waals surface area contributed by atoms with E-state index in [1.54, 1.807) is 0 Å². The molecule has 0 saturated carbocycles. The lowest BCUT2D eigenvalue weighted by molar-refractivity contribution is -0.153. The Morgan fingerprint density at radius 2 is 1.56 bits per heavy atom. The third-order valence-electron chi connectivity index (χ3n) is 2.10. The molecule has 1 unspecified atom stereocenters. The Balaban J connectivity index is 3.10. The Bertz CT molecular complexity index is 340. The molecule has 0 bridgehead atoms. The molecular weight excluding hydrogens is 231 g/mol. The molecule has 0 spiro atoms. The van der Waals surface area contributed by atoms with Gasteiger partial charge in [0.25, 0.3) is 0 Å². The van der Waals surface area contributed by atoms with E-state index in [1.165, 1.54) is 0 Å². The summed E-state index contributed by atoms with van der Waals surface area (Å²) in [4.78, 5) is 0. The zero-order valence-electron chi connectivity index (χ0n) is 8.06. The number of hydrogen-bond donors (Lipinski definition) is 1. The van der Waals surface area contributed by atoms with Crippen molar-refractivity contribution in [3.8, 4) is 0 Å². The summed E-state index contributed by atoms with van der Waals surface area (Å²) in [5.41, 5.74) is -0.515. The van der Waals surface area contributed by atoms with Gasteiger partial charge >= 0.3 is 6.18 Å². The van der Waals surface area contributed by atoms with Crippen LogP contribution in [0.4, 0.5) is 22.0 Å². The molecule has 6 heteroatoms. The summed E-state index contributed by atoms with van der Waals surface area (Å²) in [5, 5.41) is 8.51. The quantitative estimate of drug-likeness (QED) is 0.805. The number of rotatable bonds is 3. The lowest BCUT2D eigenvalue weighted by Gasteiger charge is -2.19. The molecule has 0 saturated heterocycles. The molecule has 0 aliphatic rings. The van der Waals surface area contributed by atoms with Gasteiger partial charge in [-0.1, -0.05) is 0 Å². The minimum absolute atomic E-state index is 0.496. The van der Waals surface area contributed by atoms with E-state index in [2.05, 4.69) is 0 Å². The second kappa shape index (κ2) is 4.78. The van der Waals surface area contributed by atoms with Crippen molar-refractivity contribution in [2.45, 2.75) is 18.5 Å². The van der Waals surface area contributed by atoms with E-state index < -0.39 is 42.3 Å². The summed E-state index contributed by atoms with van der Waals surface area (Å²) in [6, 6.07) is 1.74. The van der Waals surface area contributed by atoms with Gasteiger partial charge in [0.05, 0.1) is 5.92 Å². The molecule has 1 rings (SSSR count). The number of alkyl halides is 3. The van der Waals surface area contributed by atoms with Gasteiger partial charge in [-0.15, -0.1) is 0 Å². The van der Waals surface area contributed by atoms with Gasteiger partial charge < -0.3 is 5.11 Å². The van der Waals surface area contributed by atoms with Crippen LogP contribution in [0.5, 0.6) is 0 Å². The van der Waals surface area contributed by atoms with Crippen LogP contribution in [0.1, 0.15) is 17.9 Å². The maximum absolute atomic E-state index is 12.7. The molecule has 1 aromatic carbocycles. The molecule has 1 atom stereocenters. The van der Waals surface area contributed by atoms with Crippen LogP contribution in [0.15, 0.2) is 18.2 Å². The number of aliphatic hydroxyl groups excluding tert-OH is 1. The van der Waals surface area contributed by atoms with Gasteiger partial charge in [0.1, 0.15) is 11.6 Å². The van der Waals surface area contributed by atoms with E-state index in [-0.39, 0.29) is 0 Å². The van der Waals surface area contributed by atoms with Gasteiger partial charge in [0.15, 0.2) is 0 Å². The third kappa shape index (κ3) is 3.16. The van der Waals surface area contributed by atoms with Crippen molar-refractivity contribution in [3.05, 3.63) is 35.4 Å². The van der Waals surface area contributed by atoms with E-state index in [4.69, 9.17) is 5.11 Å².